The fourth-order valence-electron chi connectivity index (χ4n) is 1.84. The van der Waals surface area contributed by atoms with Crippen molar-refractivity contribution in [2.24, 2.45) is 0 Å². The molecular formula is C12H16O4S. The maximum absolute atomic E-state index is 12.1. The Labute approximate surface area is 101 Å². The second-order valence-electron chi connectivity index (χ2n) is 4.18. The second-order valence-corrected chi connectivity index (χ2v) is 6.21. The molecule has 2 rings (SSSR count). The van der Waals surface area contributed by atoms with Crippen molar-refractivity contribution in [3.63, 3.8) is 0 Å². The Morgan fingerprint density at radius 3 is 2.59 bits per heavy atom. The molecule has 1 aromatic rings. The van der Waals surface area contributed by atoms with Crippen molar-refractivity contribution < 1.29 is 18.3 Å². The lowest BCUT2D eigenvalue weighted by atomic mass is 10.2. The minimum atomic E-state index is -3.46. The molecule has 0 unspecified atom stereocenters. The van der Waals surface area contributed by atoms with Gasteiger partial charge in [0.15, 0.2) is 5.44 Å². The van der Waals surface area contributed by atoms with Crippen LogP contribution in [-0.4, -0.2) is 31.2 Å². The fourth-order valence-corrected chi connectivity index (χ4v) is 3.45. The molecule has 0 saturated carbocycles. The summed E-state index contributed by atoms with van der Waals surface area (Å²) in [5, 5.41) is 9.68. The van der Waals surface area contributed by atoms with E-state index in [1.54, 1.807) is 30.3 Å². The Bertz CT molecular complexity index is 469. The smallest absolute Gasteiger partial charge is 0.207 e. The molecule has 94 valence electrons. The predicted octanol–water partition coefficient (Wildman–Crippen LogP) is 1.35. The van der Waals surface area contributed by atoms with E-state index in [9.17, 15) is 13.5 Å². The van der Waals surface area contributed by atoms with Gasteiger partial charge in [0.1, 0.15) is 6.10 Å². The zero-order chi connectivity index (χ0) is 12.5. The lowest BCUT2D eigenvalue weighted by Gasteiger charge is -2.05. The molecule has 5 heteroatoms. The van der Waals surface area contributed by atoms with Crippen LogP contribution in [0.1, 0.15) is 19.8 Å². The van der Waals surface area contributed by atoms with Crippen LogP contribution in [0.3, 0.4) is 0 Å². The Balaban J connectivity index is 2.10. The van der Waals surface area contributed by atoms with Gasteiger partial charge in [0.05, 0.1) is 11.0 Å². The van der Waals surface area contributed by atoms with Crippen molar-refractivity contribution in [2.45, 2.75) is 42.3 Å². The van der Waals surface area contributed by atoms with E-state index in [1.165, 1.54) is 0 Å². The molecule has 17 heavy (non-hydrogen) atoms. The number of aliphatic hydroxyl groups excluding tert-OH is 1. The third kappa shape index (κ3) is 2.51. The average molecular weight is 256 g/mol. The lowest BCUT2D eigenvalue weighted by molar-refractivity contribution is 0.126. The second kappa shape index (κ2) is 4.76. The zero-order valence-electron chi connectivity index (χ0n) is 9.61. The van der Waals surface area contributed by atoms with E-state index in [0.717, 1.165) is 6.42 Å². The van der Waals surface area contributed by atoms with E-state index >= 15 is 0 Å². The maximum atomic E-state index is 12.1. The number of hydrogen-bond acceptors (Lipinski definition) is 4. The van der Waals surface area contributed by atoms with Gasteiger partial charge in [0, 0.05) is 0 Å². The summed E-state index contributed by atoms with van der Waals surface area (Å²) in [7, 11) is -3.46. The number of hydrogen-bond donors (Lipinski definition) is 1. The third-order valence-electron chi connectivity index (χ3n) is 2.82. The highest BCUT2D eigenvalue weighted by Crippen LogP contribution is 2.35. The standard InChI is InChI=1S/C12H16O4S/c1-2-6-10(13)11-12(16-11)17(14,15)9-7-4-3-5-8-9/h3-5,7-8,10-13H,2,6H2,1H3/t10-,11-,12-/m0/s1. The molecule has 3 atom stereocenters. The van der Waals surface area contributed by atoms with E-state index in [2.05, 4.69) is 0 Å². The number of ether oxygens (including phenoxy) is 1. The van der Waals surface area contributed by atoms with Crippen molar-refractivity contribution >= 4 is 9.84 Å². The Morgan fingerprint density at radius 2 is 2.00 bits per heavy atom. The molecule has 1 saturated heterocycles. The van der Waals surface area contributed by atoms with E-state index in [4.69, 9.17) is 4.74 Å². The van der Waals surface area contributed by atoms with Gasteiger partial charge >= 0.3 is 0 Å². The van der Waals surface area contributed by atoms with Crippen LogP contribution >= 0.6 is 0 Å². The summed E-state index contributed by atoms with van der Waals surface area (Å²) in [6.45, 7) is 1.94. The van der Waals surface area contributed by atoms with Crippen LogP contribution in [0.15, 0.2) is 35.2 Å². The van der Waals surface area contributed by atoms with E-state index in [1.807, 2.05) is 6.92 Å². The first-order chi connectivity index (χ1) is 8.07. The molecule has 1 aliphatic rings. The van der Waals surface area contributed by atoms with Crippen LogP contribution in [0.4, 0.5) is 0 Å². The van der Waals surface area contributed by atoms with Gasteiger partial charge in [-0.15, -0.1) is 0 Å². The molecule has 1 fully saturated rings. The number of aliphatic hydroxyl groups is 1. The molecule has 0 bridgehead atoms. The monoisotopic (exact) mass is 256 g/mol. The van der Waals surface area contributed by atoms with Crippen LogP contribution < -0.4 is 0 Å². The highest BCUT2D eigenvalue weighted by Gasteiger charge is 2.53. The highest BCUT2D eigenvalue weighted by molar-refractivity contribution is 7.92. The number of benzene rings is 1. The first kappa shape index (κ1) is 12.5. The van der Waals surface area contributed by atoms with Crippen LogP contribution in [0.25, 0.3) is 0 Å². The van der Waals surface area contributed by atoms with E-state index in [0.29, 0.717) is 6.42 Å². The first-order valence-electron chi connectivity index (χ1n) is 5.70. The van der Waals surface area contributed by atoms with Gasteiger partial charge in [0.25, 0.3) is 0 Å². The quantitative estimate of drug-likeness (QED) is 0.807. The summed E-state index contributed by atoms with van der Waals surface area (Å²) in [5.74, 6) is 0. The third-order valence-corrected chi connectivity index (χ3v) is 4.74. The lowest BCUT2D eigenvalue weighted by Crippen LogP contribution is -2.20. The number of epoxide rings is 1. The molecule has 0 amide bonds. The Kier molecular flexibility index (Phi) is 3.51. The van der Waals surface area contributed by atoms with Crippen molar-refractivity contribution in [2.75, 3.05) is 0 Å². The van der Waals surface area contributed by atoms with Gasteiger partial charge in [-0.25, -0.2) is 8.42 Å². The summed E-state index contributed by atoms with van der Waals surface area (Å²) in [6.07, 6.45) is 0.105. The largest absolute Gasteiger partial charge is 0.390 e. The van der Waals surface area contributed by atoms with Crippen molar-refractivity contribution in [3.05, 3.63) is 30.3 Å². The van der Waals surface area contributed by atoms with Gasteiger partial charge in [0.2, 0.25) is 9.84 Å². The number of sulfone groups is 1. The van der Waals surface area contributed by atoms with Crippen LogP contribution in [0.5, 0.6) is 0 Å². The average Bonchev–Trinajstić information content (AvgIpc) is 3.11. The molecule has 0 aliphatic carbocycles. The first-order valence-corrected chi connectivity index (χ1v) is 7.24. The molecule has 0 radical (unpaired) electrons. The van der Waals surface area contributed by atoms with E-state index < -0.39 is 27.5 Å². The Morgan fingerprint density at radius 1 is 1.35 bits per heavy atom. The fraction of sp³-hybridized carbons (Fsp3) is 0.500. The van der Waals surface area contributed by atoms with Crippen LogP contribution in [-0.2, 0) is 14.6 Å². The van der Waals surface area contributed by atoms with Crippen LogP contribution in [0, 0.1) is 0 Å². The SMILES string of the molecule is CCC[C@H](O)[C@@H]1O[C@H]1S(=O)(=O)c1ccccc1. The normalized spacial score (nSPS) is 25.5. The van der Waals surface area contributed by atoms with Crippen LogP contribution in [0.2, 0.25) is 0 Å². The van der Waals surface area contributed by atoms with Gasteiger partial charge in [-0.05, 0) is 18.6 Å². The van der Waals surface area contributed by atoms with Gasteiger partial charge in [-0.2, -0.15) is 0 Å². The van der Waals surface area contributed by atoms with Crippen molar-refractivity contribution in [1.29, 1.82) is 0 Å². The highest BCUT2D eigenvalue weighted by atomic mass is 32.2. The molecule has 1 N–H and O–H groups in total. The summed E-state index contributed by atoms with van der Waals surface area (Å²) < 4.78 is 29.3. The maximum Gasteiger partial charge on any atom is 0.207 e. The van der Waals surface area contributed by atoms with E-state index in [-0.39, 0.29) is 4.90 Å². The zero-order valence-corrected chi connectivity index (χ0v) is 10.4. The van der Waals surface area contributed by atoms with Crippen molar-refractivity contribution in [1.82, 2.24) is 0 Å². The summed E-state index contributed by atoms with van der Waals surface area (Å²) in [5.41, 5.74) is -0.883. The molecule has 4 nitrogen and oxygen atoms in total. The number of rotatable bonds is 5. The summed E-state index contributed by atoms with van der Waals surface area (Å²) in [4.78, 5) is 0.246. The Hall–Kier alpha value is -0.910. The topological polar surface area (TPSA) is 66.9 Å². The summed E-state index contributed by atoms with van der Waals surface area (Å²) >= 11 is 0. The van der Waals surface area contributed by atoms with Crippen molar-refractivity contribution in [3.8, 4) is 0 Å². The van der Waals surface area contributed by atoms with Gasteiger partial charge in [-0.3, -0.25) is 0 Å². The molecule has 0 spiro atoms. The predicted molar refractivity (Wildman–Crippen MR) is 63.2 cm³/mol. The van der Waals surface area contributed by atoms with Gasteiger partial charge in [-0.1, -0.05) is 31.5 Å². The molecule has 1 heterocycles. The molecular weight excluding hydrogens is 240 g/mol. The molecule has 1 aliphatic heterocycles. The molecule has 1 aromatic carbocycles. The minimum absolute atomic E-state index is 0.246. The van der Waals surface area contributed by atoms with Gasteiger partial charge < -0.3 is 9.84 Å². The summed E-state index contributed by atoms with van der Waals surface area (Å²) in [6, 6.07) is 8.19. The molecule has 0 aromatic heterocycles. The minimum Gasteiger partial charge on any atom is -0.390 e.